The Labute approximate surface area is 90.1 Å². The van der Waals surface area contributed by atoms with Crippen LogP contribution in [0.25, 0.3) is 0 Å². The number of aryl methyl sites for hydroxylation is 1. The van der Waals surface area contributed by atoms with E-state index >= 15 is 0 Å². The van der Waals surface area contributed by atoms with Crippen molar-refractivity contribution >= 4 is 5.82 Å². The van der Waals surface area contributed by atoms with E-state index in [-0.39, 0.29) is 6.04 Å². The predicted molar refractivity (Wildman–Crippen MR) is 60.2 cm³/mol. The minimum atomic E-state index is 0.183. The molecule has 1 unspecified atom stereocenters. The van der Waals surface area contributed by atoms with Crippen LogP contribution in [0.2, 0.25) is 0 Å². The summed E-state index contributed by atoms with van der Waals surface area (Å²) in [6.45, 7) is 6.32. The number of hydrogen-bond acceptors (Lipinski definition) is 5. The van der Waals surface area contributed by atoms with Gasteiger partial charge in [0.05, 0.1) is 12.7 Å². The normalized spacial score (nSPS) is 12.3. The van der Waals surface area contributed by atoms with Crippen molar-refractivity contribution in [2.24, 2.45) is 5.73 Å². The monoisotopic (exact) mass is 210 g/mol. The van der Waals surface area contributed by atoms with Crippen LogP contribution in [-0.2, 0) is 0 Å². The summed E-state index contributed by atoms with van der Waals surface area (Å²) in [5, 5.41) is 3.22. The fourth-order valence-electron chi connectivity index (χ4n) is 1.23. The van der Waals surface area contributed by atoms with Crippen molar-refractivity contribution in [2.75, 3.05) is 19.0 Å². The van der Waals surface area contributed by atoms with E-state index in [0.29, 0.717) is 18.2 Å². The van der Waals surface area contributed by atoms with Gasteiger partial charge in [-0.05, 0) is 20.8 Å². The van der Waals surface area contributed by atoms with E-state index in [1.165, 1.54) is 0 Å². The van der Waals surface area contributed by atoms with Crippen LogP contribution in [0.1, 0.15) is 18.3 Å². The lowest BCUT2D eigenvalue weighted by molar-refractivity contribution is 0.392. The van der Waals surface area contributed by atoms with Gasteiger partial charge in [-0.1, -0.05) is 0 Å². The molecule has 5 heteroatoms. The fourth-order valence-corrected chi connectivity index (χ4v) is 1.23. The molecule has 0 amide bonds. The third-order valence-electron chi connectivity index (χ3n) is 2.14. The summed E-state index contributed by atoms with van der Waals surface area (Å²) in [6.07, 6.45) is 0. The Morgan fingerprint density at radius 1 is 1.40 bits per heavy atom. The first kappa shape index (κ1) is 11.7. The van der Waals surface area contributed by atoms with Gasteiger partial charge in [0, 0.05) is 12.6 Å². The standard InChI is InChI=1S/C10H18N4O/c1-6(5-11)12-9-7(2)10(15-4)14-8(3)13-9/h6H,5,11H2,1-4H3,(H,12,13,14). The van der Waals surface area contributed by atoms with Gasteiger partial charge in [0.2, 0.25) is 5.88 Å². The largest absolute Gasteiger partial charge is 0.481 e. The molecule has 1 rings (SSSR count). The quantitative estimate of drug-likeness (QED) is 0.771. The zero-order valence-electron chi connectivity index (χ0n) is 9.66. The number of nitrogens with zero attached hydrogens (tertiary/aromatic N) is 2. The molecular formula is C10H18N4O. The molecule has 5 nitrogen and oxygen atoms in total. The van der Waals surface area contributed by atoms with Gasteiger partial charge in [0.25, 0.3) is 0 Å². The molecule has 84 valence electrons. The van der Waals surface area contributed by atoms with Gasteiger partial charge in [0.1, 0.15) is 11.6 Å². The first-order valence-electron chi connectivity index (χ1n) is 4.94. The van der Waals surface area contributed by atoms with Crippen molar-refractivity contribution in [3.05, 3.63) is 11.4 Å². The molecule has 0 aliphatic heterocycles. The summed E-state index contributed by atoms with van der Waals surface area (Å²) < 4.78 is 5.16. The topological polar surface area (TPSA) is 73.1 Å². The third-order valence-corrected chi connectivity index (χ3v) is 2.14. The van der Waals surface area contributed by atoms with E-state index in [2.05, 4.69) is 15.3 Å². The first-order chi connectivity index (χ1) is 7.08. The van der Waals surface area contributed by atoms with E-state index in [9.17, 15) is 0 Å². The van der Waals surface area contributed by atoms with Gasteiger partial charge in [-0.25, -0.2) is 4.98 Å². The highest BCUT2D eigenvalue weighted by molar-refractivity contribution is 5.49. The highest BCUT2D eigenvalue weighted by atomic mass is 16.5. The first-order valence-corrected chi connectivity index (χ1v) is 4.94. The van der Waals surface area contributed by atoms with Gasteiger partial charge in [-0.3, -0.25) is 0 Å². The zero-order valence-corrected chi connectivity index (χ0v) is 9.66. The van der Waals surface area contributed by atoms with Gasteiger partial charge < -0.3 is 15.8 Å². The van der Waals surface area contributed by atoms with Gasteiger partial charge in [-0.2, -0.15) is 4.98 Å². The average molecular weight is 210 g/mol. The molecule has 0 aromatic carbocycles. The van der Waals surface area contributed by atoms with E-state index in [1.807, 2.05) is 20.8 Å². The van der Waals surface area contributed by atoms with Crippen LogP contribution in [0, 0.1) is 13.8 Å². The van der Waals surface area contributed by atoms with Crippen LogP contribution < -0.4 is 15.8 Å². The van der Waals surface area contributed by atoms with Crippen LogP contribution in [-0.4, -0.2) is 29.7 Å². The van der Waals surface area contributed by atoms with E-state index < -0.39 is 0 Å². The van der Waals surface area contributed by atoms with E-state index in [4.69, 9.17) is 10.5 Å². The molecule has 15 heavy (non-hydrogen) atoms. The molecule has 0 saturated carbocycles. The number of methoxy groups -OCH3 is 1. The Balaban J connectivity index is 3.01. The number of anilines is 1. The zero-order chi connectivity index (χ0) is 11.4. The van der Waals surface area contributed by atoms with Crippen molar-refractivity contribution in [1.82, 2.24) is 9.97 Å². The maximum absolute atomic E-state index is 5.54. The molecule has 1 aromatic heterocycles. The summed E-state index contributed by atoms with van der Waals surface area (Å²) in [4.78, 5) is 8.49. The number of hydrogen-bond donors (Lipinski definition) is 2. The number of nitrogens with two attached hydrogens (primary N) is 1. The lowest BCUT2D eigenvalue weighted by atomic mass is 10.3. The van der Waals surface area contributed by atoms with E-state index in [1.54, 1.807) is 7.11 Å². The predicted octanol–water partition coefficient (Wildman–Crippen LogP) is 0.861. The van der Waals surface area contributed by atoms with Crippen LogP contribution in [0.15, 0.2) is 0 Å². The Kier molecular flexibility index (Phi) is 3.85. The average Bonchev–Trinajstić information content (AvgIpc) is 2.22. The number of nitrogens with one attached hydrogen (secondary N) is 1. The van der Waals surface area contributed by atoms with Crippen molar-refractivity contribution in [3.8, 4) is 5.88 Å². The molecule has 1 atom stereocenters. The molecule has 0 saturated heterocycles. The smallest absolute Gasteiger partial charge is 0.221 e. The SMILES string of the molecule is COc1nc(C)nc(NC(C)CN)c1C. The molecule has 0 bridgehead atoms. The third kappa shape index (κ3) is 2.79. The molecule has 0 aliphatic rings. The number of aromatic nitrogens is 2. The molecule has 0 radical (unpaired) electrons. The second kappa shape index (κ2) is 4.93. The van der Waals surface area contributed by atoms with Crippen LogP contribution in [0.3, 0.4) is 0 Å². The van der Waals surface area contributed by atoms with Crippen molar-refractivity contribution in [2.45, 2.75) is 26.8 Å². The minimum Gasteiger partial charge on any atom is -0.481 e. The van der Waals surface area contributed by atoms with Crippen molar-refractivity contribution in [3.63, 3.8) is 0 Å². The Hall–Kier alpha value is -1.36. The highest BCUT2D eigenvalue weighted by Gasteiger charge is 2.10. The molecule has 0 fully saturated rings. The Morgan fingerprint density at radius 2 is 2.07 bits per heavy atom. The lowest BCUT2D eigenvalue weighted by Gasteiger charge is -2.15. The summed E-state index contributed by atoms with van der Waals surface area (Å²) >= 11 is 0. The van der Waals surface area contributed by atoms with Crippen molar-refractivity contribution < 1.29 is 4.74 Å². The van der Waals surface area contributed by atoms with Crippen LogP contribution in [0.5, 0.6) is 5.88 Å². The second-order valence-electron chi connectivity index (χ2n) is 3.53. The summed E-state index contributed by atoms with van der Waals surface area (Å²) in [5.41, 5.74) is 6.45. The van der Waals surface area contributed by atoms with Gasteiger partial charge >= 0.3 is 0 Å². The molecular weight excluding hydrogens is 192 g/mol. The second-order valence-corrected chi connectivity index (χ2v) is 3.53. The molecule has 3 N–H and O–H groups in total. The maximum Gasteiger partial charge on any atom is 0.221 e. The van der Waals surface area contributed by atoms with E-state index in [0.717, 1.165) is 11.4 Å². The fraction of sp³-hybridized carbons (Fsp3) is 0.600. The summed E-state index contributed by atoms with van der Waals surface area (Å²) in [5.74, 6) is 2.08. The molecule has 1 heterocycles. The van der Waals surface area contributed by atoms with Crippen molar-refractivity contribution in [1.29, 1.82) is 0 Å². The Morgan fingerprint density at radius 3 is 2.60 bits per heavy atom. The van der Waals surface area contributed by atoms with Crippen LogP contribution >= 0.6 is 0 Å². The molecule has 1 aromatic rings. The summed E-state index contributed by atoms with van der Waals surface area (Å²) in [6, 6.07) is 0.183. The number of rotatable bonds is 4. The Bertz CT molecular complexity index is 340. The molecule has 0 aliphatic carbocycles. The maximum atomic E-state index is 5.54. The van der Waals surface area contributed by atoms with Crippen LogP contribution in [0.4, 0.5) is 5.82 Å². The summed E-state index contributed by atoms with van der Waals surface area (Å²) in [7, 11) is 1.60. The van der Waals surface area contributed by atoms with Gasteiger partial charge in [-0.15, -0.1) is 0 Å². The minimum absolute atomic E-state index is 0.183. The molecule has 0 spiro atoms. The highest BCUT2D eigenvalue weighted by Crippen LogP contribution is 2.21. The lowest BCUT2D eigenvalue weighted by Crippen LogP contribution is -2.26. The number of ether oxygens (including phenoxy) is 1. The van der Waals surface area contributed by atoms with Gasteiger partial charge in [0.15, 0.2) is 0 Å².